The molecule has 3 aromatic rings. The highest BCUT2D eigenvalue weighted by Crippen LogP contribution is 2.24. The standard InChI is InChI=1S/C17H14N4OS/c1-12(16(22)20-15-8-3-2-6-13(15)10-18)23-17-19-11-14-7-4-5-9-21(14)17/h2-9,11-12H,1H3,(H,20,22). The van der Waals surface area contributed by atoms with E-state index in [-0.39, 0.29) is 11.2 Å². The monoisotopic (exact) mass is 322 g/mol. The van der Waals surface area contributed by atoms with Crippen LogP contribution in [-0.4, -0.2) is 20.5 Å². The van der Waals surface area contributed by atoms with E-state index in [9.17, 15) is 4.79 Å². The van der Waals surface area contributed by atoms with Crippen molar-refractivity contribution in [2.75, 3.05) is 5.32 Å². The van der Waals surface area contributed by atoms with Crippen LogP contribution in [0, 0.1) is 11.3 Å². The largest absolute Gasteiger partial charge is 0.324 e. The Hall–Kier alpha value is -2.78. The minimum Gasteiger partial charge on any atom is -0.324 e. The summed E-state index contributed by atoms with van der Waals surface area (Å²) in [7, 11) is 0. The van der Waals surface area contributed by atoms with Crippen molar-refractivity contribution in [2.45, 2.75) is 17.3 Å². The number of anilines is 1. The van der Waals surface area contributed by atoms with Gasteiger partial charge in [0, 0.05) is 6.20 Å². The Labute approximate surface area is 138 Å². The van der Waals surface area contributed by atoms with Gasteiger partial charge in [-0.05, 0) is 31.2 Å². The van der Waals surface area contributed by atoms with Crippen LogP contribution in [0.3, 0.4) is 0 Å². The molecule has 6 heteroatoms. The summed E-state index contributed by atoms with van der Waals surface area (Å²) in [5.41, 5.74) is 1.96. The quantitative estimate of drug-likeness (QED) is 0.748. The molecular weight excluding hydrogens is 308 g/mol. The van der Waals surface area contributed by atoms with Crippen LogP contribution in [0.1, 0.15) is 12.5 Å². The number of fused-ring (bicyclic) bond motifs is 1. The first-order valence-electron chi connectivity index (χ1n) is 7.08. The van der Waals surface area contributed by atoms with Gasteiger partial charge in [-0.1, -0.05) is 30.0 Å². The molecule has 1 unspecified atom stereocenters. The third kappa shape index (κ3) is 3.20. The molecule has 114 valence electrons. The van der Waals surface area contributed by atoms with Crippen molar-refractivity contribution in [3.63, 3.8) is 0 Å². The van der Waals surface area contributed by atoms with E-state index in [1.54, 1.807) is 30.5 Å². The Balaban J connectivity index is 1.74. The number of nitriles is 1. The number of hydrogen-bond acceptors (Lipinski definition) is 4. The third-order valence-corrected chi connectivity index (χ3v) is 4.44. The number of imidazole rings is 1. The molecule has 0 fully saturated rings. The Morgan fingerprint density at radius 2 is 2.09 bits per heavy atom. The summed E-state index contributed by atoms with van der Waals surface area (Å²) in [5, 5.41) is 12.3. The summed E-state index contributed by atoms with van der Waals surface area (Å²) in [6, 6.07) is 14.9. The van der Waals surface area contributed by atoms with Crippen molar-refractivity contribution in [1.82, 2.24) is 9.38 Å². The Kier molecular flexibility index (Phi) is 4.31. The summed E-state index contributed by atoms with van der Waals surface area (Å²) >= 11 is 1.38. The number of thioether (sulfide) groups is 1. The number of para-hydroxylation sites is 1. The molecule has 0 bridgehead atoms. The molecule has 1 atom stereocenters. The smallest absolute Gasteiger partial charge is 0.237 e. The number of nitrogens with zero attached hydrogens (tertiary/aromatic N) is 3. The molecule has 0 radical (unpaired) electrons. The number of rotatable bonds is 4. The highest BCUT2D eigenvalue weighted by Gasteiger charge is 2.18. The molecule has 0 saturated carbocycles. The van der Waals surface area contributed by atoms with E-state index in [2.05, 4.69) is 16.4 Å². The molecule has 0 saturated heterocycles. The van der Waals surface area contributed by atoms with Crippen LogP contribution in [0.2, 0.25) is 0 Å². The second-order valence-corrected chi connectivity index (χ2v) is 6.25. The summed E-state index contributed by atoms with van der Waals surface area (Å²) in [5.74, 6) is -0.162. The van der Waals surface area contributed by atoms with Crippen molar-refractivity contribution in [1.29, 1.82) is 5.26 Å². The van der Waals surface area contributed by atoms with Gasteiger partial charge in [0.1, 0.15) is 6.07 Å². The SMILES string of the molecule is CC(Sc1ncc2ccccn12)C(=O)Nc1ccccc1C#N. The molecule has 0 aliphatic carbocycles. The highest BCUT2D eigenvalue weighted by molar-refractivity contribution is 8.00. The first-order chi connectivity index (χ1) is 11.2. The van der Waals surface area contributed by atoms with E-state index in [1.165, 1.54) is 11.8 Å². The van der Waals surface area contributed by atoms with Crippen molar-refractivity contribution >= 4 is 28.9 Å². The number of amides is 1. The van der Waals surface area contributed by atoms with Crippen LogP contribution < -0.4 is 5.32 Å². The van der Waals surface area contributed by atoms with Crippen molar-refractivity contribution in [3.8, 4) is 6.07 Å². The van der Waals surface area contributed by atoms with Gasteiger partial charge in [-0.2, -0.15) is 5.26 Å². The zero-order valence-electron chi connectivity index (χ0n) is 12.4. The molecule has 0 spiro atoms. The molecule has 1 amide bonds. The van der Waals surface area contributed by atoms with Gasteiger partial charge < -0.3 is 5.32 Å². The van der Waals surface area contributed by atoms with Gasteiger partial charge in [-0.25, -0.2) is 4.98 Å². The van der Waals surface area contributed by atoms with Crippen LogP contribution >= 0.6 is 11.8 Å². The normalized spacial score (nSPS) is 11.8. The first-order valence-corrected chi connectivity index (χ1v) is 7.96. The third-order valence-electron chi connectivity index (χ3n) is 3.36. The van der Waals surface area contributed by atoms with Crippen molar-refractivity contribution in [3.05, 3.63) is 60.4 Å². The Morgan fingerprint density at radius 1 is 1.30 bits per heavy atom. The van der Waals surface area contributed by atoms with Gasteiger partial charge in [-0.15, -0.1) is 0 Å². The fraction of sp³-hybridized carbons (Fsp3) is 0.118. The Morgan fingerprint density at radius 3 is 2.91 bits per heavy atom. The molecule has 0 aliphatic rings. The first kappa shape index (κ1) is 15.1. The van der Waals surface area contributed by atoms with E-state index >= 15 is 0 Å². The molecule has 2 heterocycles. The van der Waals surface area contributed by atoms with E-state index < -0.39 is 0 Å². The van der Waals surface area contributed by atoms with Crippen molar-refractivity contribution in [2.24, 2.45) is 0 Å². The lowest BCUT2D eigenvalue weighted by molar-refractivity contribution is -0.115. The maximum Gasteiger partial charge on any atom is 0.237 e. The van der Waals surface area contributed by atoms with E-state index in [0.29, 0.717) is 11.3 Å². The molecular formula is C17H14N4OS. The van der Waals surface area contributed by atoms with Gasteiger partial charge in [0.05, 0.1) is 28.2 Å². The van der Waals surface area contributed by atoms with Gasteiger partial charge in [0.25, 0.3) is 0 Å². The lowest BCUT2D eigenvalue weighted by Crippen LogP contribution is -2.23. The highest BCUT2D eigenvalue weighted by atomic mass is 32.2. The minimum atomic E-state index is -0.340. The van der Waals surface area contributed by atoms with Crippen LogP contribution in [0.5, 0.6) is 0 Å². The Bertz CT molecular complexity index is 897. The van der Waals surface area contributed by atoms with Gasteiger partial charge in [0.2, 0.25) is 5.91 Å². The number of aromatic nitrogens is 2. The van der Waals surface area contributed by atoms with Crippen LogP contribution in [0.4, 0.5) is 5.69 Å². The lowest BCUT2D eigenvalue weighted by Gasteiger charge is -2.12. The number of nitrogens with one attached hydrogen (secondary N) is 1. The second kappa shape index (κ2) is 6.55. The predicted molar refractivity (Wildman–Crippen MR) is 90.3 cm³/mol. The lowest BCUT2D eigenvalue weighted by atomic mass is 10.2. The van der Waals surface area contributed by atoms with Crippen LogP contribution in [0.15, 0.2) is 60.0 Å². The number of hydrogen-bond donors (Lipinski definition) is 1. The number of carbonyl (C=O) groups excluding carboxylic acids is 1. The maximum atomic E-state index is 12.4. The average Bonchev–Trinajstić information content (AvgIpc) is 2.98. The molecule has 5 nitrogen and oxygen atoms in total. The zero-order chi connectivity index (χ0) is 16.2. The van der Waals surface area contributed by atoms with Crippen molar-refractivity contribution < 1.29 is 4.79 Å². The number of pyridine rings is 1. The number of benzene rings is 1. The summed E-state index contributed by atoms with van der Waals surface area (Å²) in [4.78, 5) is 16.7. The minimum absolute atomic E-state index is 0.162. The predicted octanol–water partition coefficient (Wildman–Crippen LogP) is 3.33. The maximum absolute atomic E-state index is 12.4. The molecule has 3 rings (SSSR count). The molecule has 1 aromatic carbocycles. The van der Waals surface area contributed by atoms with E-state index in [1.807, 2.05) is 35.7 Å². The zero-order valence-corrected chi connectivity index (χ0v) is 13.2. The van der Waals surface area contributed by atoms with E-state index in [4.69, 9.17) is 5.26 Å². The molecule has 23 heavy (non-hydrogen) atoms. The number of carbonyl (C=O) groups is 1. The van der Waals surface area contributed by atoms with Gasteiger partial charge in [-0.3, -0.25) is 9.20 Å². The summed E-state index contributed by atoms with van der Waals surface area (Å²) < 4.78 is 1.94. The molecule has 2 aromatic heterocycles. The molecule has 1 N–H and O–H groups in total. The van der Waals surface area contributed by atoms with Gasteiger partial charge >= 0.3 is 0 Å². The summed E-state index contributed by atoms with van der Waals surface area (Å²) in [6.07, 6.45) is 3.69. The fourth-order valence-corrected chi connectivity index (χ4v) is 3.02. The topological polar surface area (TPSA) is 70.2 Å². The van der Waals surface area contributed by atoms with Gasteiger partial charge in [0.15, 0.2) is 5.16 Å². The summed E-state index contributed by atoms with van der Waals surface area (Å²) in [6.45, 7) is 1.82. The fourth-order valence-electron chi connectivity index (χ4n) is 2.14. The average molecular weight is 322 g/mol. The molecule has 0 aliphatic heterocycles. The van der Waals surface area contributed by atoms with Crippen LogP contribution in [0.25, 0.3) is 5.52 Å². The van der Waals surface area contributed by atoms with Crippen LogP contribution in [-0.2, 0) is 4.79 Å². The van der Waals surface area contributed by atoms with E-state index in [0.717, 1.165) is 10.7 Å². The second-order valence-electron chi connectivity index (χ2n) is 4.94.